The van der Waals surface area contributed by atoms with Crippen molar-refractivity contribution in [1.29, 1.82) is 0 Å². The minimum Gasteiger partial charge on any atom is -0.298 e. The monoisotopic (exact) mass is 133 g/mol. The molecule has 0 aliphatic carbocycles. The van der Waals surface area contributed by atoms with Gasteiger partial charge >= 0.3 is 6.47 Å². The third-order valence-electron chi connectivity index (χ3n) is 0.467. The molecule has 5 nitrogen and oxygen atoms in total. The van der Waals surface area contributed by atoms with Crippen LogP contribution in [0.25, 0.3) is 0 Å². The highest BCUT2D eigenvalue weighted by Crippen LogP contribution is 1.66. The van der Waals surface area contributed by atoms with Gasteiger partial charge in [0.2, 0.25) is 0 Å². The average Bonchev–Trinajstić information content (AvgIpc) is 1.80. The van der Waals surface area contributed by atoms with Crippen molar-refractivity contribution in [2.75, 3.05) is 6.54 Å². The Morgan fingerprint density at radius 1 is 1.78 bits per heavy atom. The lowest BCUT2D eigenvalue weighted by atomic mass is 10.5. The van der Waals surface area contributed by atoms with E-state index in [1.807, 2.05) is 0 Å². The normalized spacial score (nSPS) is 8.56. The first kappa shape index (κ1) is 8.06. The molecular formula is C4H7NO4. The summed E-state index contributed by atoms with van der Waals surface area (Å²) in [6, 6.07) is 0. The molecule has 5 heteroatoms. The van der Waals surface area contributed by atoms with Gasteiger partial charge in [0.1, 0.15) is 5.78 Å². The summed E-state index contributed by atoms with van der Waals surface area (Å²) in [4.78, 5) is 27.2. The fourth-order valence-electron chi connectivity index (χ4n) is 0.185. The average molecular weight is 133 g/mol. The van der Waals surface area contributed by atoms with E-state index in [1.165, 1.54) is 6.92 Å². The van der Waals surface area contributed by atoms with Crippen molar-refractivity contribution in [3.63, 3.8) is 0 Å². The number of rotatable bonds is 5. The van der Waals surface area contributed by atoms with Gasteiger partial charge in [0, 0.05) is 0 Å². The number of hydroxylamine groups is 1. The van der Waals surface area contributed by atoms with Crippen LogP contribution in [0.5, 0.6) is 0 Å². The zero-order valence-corrected chi connectivity index (χ0v) is 4.92. The SMILES string of the molecule is CC(=O)CNOOC=O. The van der Waals surface area contributed by atoms with Crippen molar-refractivity contribution in [2.45, 2.75) is 6.92 Å². The van der Waals surface area contributed by atoms with Gasteiger partial charge in [-0.15, -0.1) is 0 Å². The second-order valence-corrected chi connectivity index (χ2v) is 1.30. The quantitative estimate of drug-likeness (QED) is 0.230. The predicted molar refractivity (Wildman–Crippen MR) is 26.9 cm³/mol. The van der Waals surface area contributed by atoms with Crippen molar-refractivity contribution in [1.82, 2.24) is 5.48 Å². The maximum absolute atomic E-state index is 10.1. The molecule has 0 aromatic rings. The van der Waals surface area contributed by atoms with Gasteiger partial charge in [0.05, 0.1) is 6.54 Å². The van der Waals surface area contributed by atoms with Crippen LogP contribution in [0.15, 0.2) is 0 Å². The molecule has 0 saturated heterocycles. The van der Waals surface area contributed by atoms with Crippen LogP contribution in [0.1, 0.15) is 6.92 Å². The Balaban J connectivity index is 2.91. The molecule has 0 fully saturated rings. The van der Waals surface area contributed by atoms with E-state index in [2.05, 4.69) is 15.4 Å². The van der Waals surface area contributed by atoms with E-state index in [1.54, 1.807) is 0 Å². The Kier molecular flexibility index (Phi) is 4.66. The smallest absolute Gasteiger partial charge is 0.298 e. The van der Waals surface area contributed by atoms with Gasteiger partial charge in [-0.05, 0) is 6.92 Å². The number of ketones is 1. The first-order valence-corrected chi connectivity index (χ1v) is 2.25. The van der Waals surface area contributed by atoms with Crippen LogP contribution in [0.3, 0.4) is 0 Å². The summed E-state index contributed by atoms with van der Waals surface area (Å²) in [5.74, 6) is -0.107. The molecule has 0 saturated carbocycles. The fraction of sp³-hybridized carbons (Fsp3) is 0.500. The Morgan fingerprint density at radius 3 is 2.89 bits per heavy atom. The largest absolute Gasteiger partial charge is 0.332 e. The Morgan fingerprint density at radius 2 is 2.44 bits per heavy atom. The van der Waals surface area contributed by atoms with Gasteiger partial charge in [0.15, 0.2) is 0 Å². The summed E-state index contributed by atoms with van der Waals surface area (Å²) in [7, 11) is 0. The number of hydrogen-bond acceptors (Lipinski definition) is 5. The maximum Gasteiger partial charge on any atom is 0.332 e. The zero-order valence-electron chi connectivity index (χ0n) is 4.92. The third-order valence-corrected chi connectivity index (χ3v) is 0.467. The summed E-state index contributed by atoms with van der Waals surface area (Å²) in [5.41, 5.74) is 2.08. The van der Waals surface area contributed by atoms with E-state index in [0.717, 1.165) is 0 Å². The van der Waals surface area contributed by atoms with Crippen LogP contribution < -0.4 is 5.48 Å². The summed E-state index contributed by atoms with van der Waals surface area (Å²) in [6.07, 6.45) is 0. The van der Waals surface area contributed by atoms with Crippen LogP contribution in [-0.4, -0.2) is 18.8 Å². The molecule has 0 bridgehead atoms. The second kappa shape index (κ2) is 5.20. The Bertz CT molecular complexity index is 103. The van der Waals surface area contributed by atoms with E-state index < -0.39 is 0 Å². The summed E-state index contributed by atoms with van der Waals surface area (Å²) in [6.45, 7) is 1.50. The van der Waals surface area contributed by atoms with Crippen LogP contribution >= 0.6 is 0 Å². The first-order valence-electron chi connectivity index (χ1n) is 2.25. The molecule has 0 aliphatic rings. The number of nitrogens with one attached hydrogen (secondary N) is 1. The molecule has 0 rings (SSSR count). The molecule has 0 aromatic carbocycles. The Labute approximate surface area is 51.8 Å². The number of Topliss-reactive ketones (excluding diaryl/α,β-unsaturated/α-hetero) is 1. The molecular weight excluding hydrogens is 126 g/mol. The predicted octanol–water partition coefficient (Wildman–Crippen LogP) is -0.815. The molecule has 0 atom stereocenters. The van der Waals surface area contributed by atoms with Gasteiger partial charge in [-0.1, -0.05) is 4.99 Å². The molecule has 0 unspecified atom stereocenters. The lowest BCUT2D eigenvalue weighted by Gasteiger charge is -1.95. The van der Waals surface area contributed by atoms with Crippen molar-refractivity contribution in [3.8, 4) is 0 Å². The van der Waals surface area contributed by atoms with Gasteiger partial charge in [-0.3, -0.25) is 14.5 Å². The molecule has 0 spiro atoms. The lowest BCUT2D eigenvalue weighted by Crippen LogP contribution is -2.21. The van der Waals surface area contributed by atoms with Gasteiger partial charge < -0.3 is 0 Å². The topological polar surface area (TPSA) is 64.6 Å². The number of carbonyl (C=O) groups is 2. The van der Waals surface area contributed by atoms with Crippen LogP contribution in [-0.2, 0) is 19.5 Å². The van der Waals surface area contributed by atoms with Crippen LogP contribution in [0, 0.1) is 0 Å². The number of hydrogen-bond donors (Lipinski definition) is 1. The van der Waals surface area contributed by atoms with Gasteiger partial charge in [-0.2, -0.15) is 5.48 Å². The van der Waals surface area contributed by atoms with Crippen LogP contribution in [0.2, 0.25) is 0 Å². The number of carbonyl (C=O) groups excluding carboxylic acids is 2. The highest BCUT2D eigenvalue weighted by molar-refractivity contribution is 5.77. The molecule has 0 radical (unpaired) electrons. The summed E-state index contributed by atoms with van der Waals surface area (Å²) >= 11 is 0. The van der Waals surface area contributed by atoms with Gasteiger partial charge in [0.25, 0.3) is 0 Å². The lowest BCUT2D eigenvalue weighted by molar-refractivity contribution is -0.295. The molecule has 9 heavy (non-hydrogen) atoms. The van der Waals surface area contributed by atoms with Crippen molar-refractivity contribution >= 4 is 12.3 Å². The molecule has 0 aromatic heterocycles. The zero-order chi connectivity index (χ0) is 7.11. The van der Waals surface area contributed by atoms with Gasteiger partial charge in [-0.25, -0.2) is 0 Å². The van der Waals surface area contributed by atoms with E-state index in [-0.39, 0.29) is 18.8 Å². The van der Waals surface area contributed by atoms with Crippen molar-refractivity contribution in [2.24, 2.45) is 0 Å². The Hall–Kier alpha value is -0.940. The standard InChI is InChI=1S/C4H7NO4/c1-4(7)2-5-9-8-3-6/h3,5H,2H2,1H3. The summed E-state index contributed by atoms with van der Waals surface area (Å²) in [5, 5.41) is 0. The highest BCUT2D eigenvalue weighted by atomic mass is 17.3. The molecule has 52 valence electrons. The van der Waals surface area contributed by atoms with Crippen LogP contribution in [0.4, 0.5) is 0 Å². The van der Waals surface area contributed by atoms with E-state index >= 15 is 0 Å². The molecule has 0 amide bonds. The highest BCUT2D eigenvalue weighted by Gasteiger charge is 1.89. The van der Waals surface area contributed by atoms with Crippen molar-refractivity contribution < 1.29 is 19.5 Å². The minimum atomic E-state index is -0.107. The third kappa shape index (κ3) is 7.06. The van der Waals surface area contributed by atoms with E-state index in [9.17, 15) is 9.59 Å². The minimum absolute atomic E-state index is 0.0217. The molecule has 0 aliphatic heterocycles. The maximum atomic E-state index is 10.1. The fourth-order valence-corrected chi connectivity index (χ4v) is 0.185. The molecule has 0 heterocycles. The first-order chi connectivity index (χ1) is 4.27. The van der Waals surface area contributed by atoms with E-state index in [0.29, 0.717) is 0 Å². The second-order valence-electron chi connectivity index (χ2n) is 1.30. The summed E-state index contributed by atoms with van der Waals surface area (Å²) < 4.78 is 0. The van der Waals surface area contributed by atoms with Crippen molar-refractivity contribution in [3.05, 3.63) is 0 Å². The van der Waals surface area contributed by atoms with E-state index in [4.69, 9.17) is 0 Å². The molecule has 1 N–H and O–H groups in total.